The summed E-state index contributed by atoms with van der Waals surface area (Å²) in [6, 6.07) is 3.12. The second kappa shape index (κ2) is 4.87. The lowest BCUT2D eigenvalue weighted by Crippen LogP contribution is -2.35. The van der Waals surface area contributed by atoms with Crippen molar-refractivity contribution in [2.24, 2.45) is 0 Å². The number of carbonyl (C=O) groups is 2. The van der Waals surface area contributed by atoms with Crippen LogP contribution in [0.2, 0.25) is 0 Å². The quantitative estimate of drug-likeness (QED) is 0.769. The minimum Gasteiger partial charge on any atom is -0.443 e. The van der Waals surface area contributed by atoms with Gasteiger partial charge in [0.15, 0.2) is 11.9 Å². The first-order chi connectivity index (χ1) is 9.31. The number of rotatable bonds is 2. The van der Waals surface area contributed by atoms with E-state index in [0.717, 1.165) is 0 Å². The Hall–Kier alpha value is -2.51. The first-order valence-corrected chi connectivity index (χ1v) is 5.96. The molecule has 2 heterocycles. The molecule has 0 radical (unpaired) electrons. The van der Waals surface area contributed by atoms with Crippen LogP contribution in [0, 0.1) is 0 Å². The van der Waals surface area contributed by atoms with E-state index in [4.69, 9.17) is 4.74 Å². The standard InChI is InChI=1S/C12H15N5O3/c1-12(2,3)20-11(19)16(4)10-14-13-9-6-5-8(7-18)15-17(9)10/h5-7H,1-4H3. The molecule has 0 aliphatic carbocycles. The van der Waals surface area contributed by atoms with Crippen molar-refractivity contribution in [1.29, 1.82) is 0 Å². The Morgan fingerprint density at radius 1 is 1.35 bits per heavy atom. The lowest BCUT2D eigenvalue weighted by atomic mass is 10.2. The first-order valence-electron chi connectivity index (χ1n) is 5.96. The summed E-state index contributed by atoms with van der Waals surface area (Å²) in [6.45, 7) is 5.30. The molecule has 20 heavy (non-hydrogen) atoms. The van der Waals surface area contributed by atoms with Crippen molar-refractivity contribution in [2.45, 2.75) is 26.4 Å². The summed E-state index contributed by atoms with van der Waals surface area (Å²) >= 11 is 0. The van der Waals surface area contributed by atoms with E-state index in [1.54, 1.807) is 26.8 Å². The zero-order chi connectivity index (χ0) is 14.9. The van der Waals surface area contributed by atoms with Gasteiger partial charge in [0.2, 0.25) is 0 Å². The molecule has 0 saturated carbocycles. The molecule has 0 bridgehead atoms. The van der Waals surface area contributed by atoms with E-state index in [2.05, 4.69) is 15.3 Å². The minimum atomic E-state index is -0.618. The average Bonchev–Trinajstić information content (AvgIpc) is 2.78. The fourth-order valence-electron chi connectivity index (χ4n) is 1.48. The van der Waals surface area contributed by atoms with Crippen LogP contribution in [0.15, 0.2) is 12.1 Å². The van der Waals surface area contributed by atoms with Crippen LogP contribution in [0.1, 0.15) is 31.3 Å². The van der Waals surface area contributed by atoms with Gasteiger partial charge in [0, 0.05) is 7.05 Å². The number of hydrogen-bond donors (Lipinski definition) is 0. The van der Waals surface area contributed by atoms with Crippen LogP contribution >= 0.6 is 0 Å². The number of fused-ring (bicyclic) bond motifs is 1. The fraction of sp³-hybridized carbons (Fsp3) is 0.417. The number of aromatic nitrogens is 4. The van der Waals surface area contributed by atoms with Gasteiger partial charge in [-0.05, 0) is 32.9 Å². The second-order valence-electron chi connectivity index (χ2n) is 5.19. The van der Waals surface area contributed by atoms with Crippen LogP contribution < -0.4 is 4.90 Å². The number of hydrogen-bond acceptors (Lipinski definition) is 6. The van der Waals surface area contributed by atoms with Crippen LogP contribution in [-0.2, 0) is 4.74 Å². The summed E-state index contributed by atoms with van der Waals surface area (Å²) in [5.41, 5.74) is 0.0323. The van der Waals surface area contributed by atoms with Gasteiger partial charge in [0.25, 0.3) is 5.95 Å². The molecule has 0 aliphatic rings. The topological polar surface area (TPSA) is 89.7 Å². The molecule has 1 amide bonds. The maximum Gasteiger partial charge on any atom is 0.416 e. The molecular weight excluding hydrogens is 262 g/mol. The van der Waals surface area contributed by atoms with E-state index in [9.17, 15) is 9.59 Å². The molecule has 106 valence electrons. The molecule has 2 aromatic heterocycles. The Balaban J connectivity index is 2.37. The highest BCUT2D eigenvalue weighted by atomic mass is 16.6. The van der Waals surface area contributed by atoms with E-state index in [0.29, 0.717) is 11.9 Å². The SMILES string of the molecule is CN(C(=O)OC(C)(C)C)c1nnc2ccc(C=O)nn12. The van der Waals surface area contributed by atoms with Crippen LogP contribution in [0.3, 0.4) is 0 Å². The minimum absolute atomic E-state index is 0.179. The summed E-state index contributed by atoms with van der Waals surface area (Å²) < 4.78 is 6.55. The average molecular weight is 277 g/mol. The molecule has 0 unspecified atom stereocenters. The van der Waals surface area contributed by atoms with Gasteiger partial charge in [-0.1, -0.05) is 0 Å². The van der Waals surface area contributed by atoms with E-state index in [1.165, 1.54) is 22.5 Å². The Labute approximate surface area is 115 Å². The summed E-state index contributed by atoms with van der Waals surface area (Å²) in [7, 11) is 1.50. The lowest BCUT2D eigenvalue weighted by molar-refractivity contribution is 0.0586. The lowest BCUT2D eigenvalue weighted by Gasteiger charge is -2.23. The molecule has 8 nitrogen and oxygen atoms in total. The van der Waals surface area contributed by atoms with Gasteiger partial charge in [-0.3, -0.25) is 4.79 Å². The van der Waals surface area contributed by atoms with Gasteiger partial charge < -0.3 is 4.74 Å². The number of anilines is 1. The Morgan fingerprint density at radius 2 is 2.05 bits per heavy atom. The second-order valence-corrected chi connectivity index (χ2v) is 5.19. The van der Waals surface area contributed by atoms with Crippen molar-refractivity contribution in [2.75, 3.05) is 11.9 Å². The predicted molar refractivity (Wildman–Crippen MR) is 70.8 cm³/mol. The van der Waals surface area contributed by atoms with Gasteiger partial charge >= 0.3 is 6.09 Å². The van der Waals surface area contributed by atoms with Crippen molar-refractivity contribution >= 4 is 24.0 Å². The zero-order valence-corrected chi connectivity index (χ0v) is 11.7. The van der Waals surface area contributed by atoms with E-state index in [-0.39, 0.29) is 11.6 Å². The Bertz CT molecular complexity index is 659. The summed E-state index contributed by atoms with van der Waals surface area (Å²) in [5, 5.41) is 11.8. The maximum atomic E-state index is 12.0. The number of amides is 1. The number of carbonyl (C=O) groups excluding carboxylic acids is 2. The van der Waals surface area contributed by atoms with Crippen LogP contribution in [0.25, 0.3) is 5.65 Å². The third-order valence-corrected chi connectivity index (χ3v) is 2.36. The highest BCUT2D eigenvalue weighted by molar-refractivity contribution is 5.85. The van der Waals surface area contributed by atoms with E-state index < -0.39 is 11.7 Å². The maximum absolute atomic E-state index is 12.0. The van der Waals surface area contributed by atoms with Crippen molar-refractivity contribution in [3.8, 4) is 0 Å². The molecule has 0 fully saturated rings. The van der Waals surface area contributed by atoms with Crippen molar-refractivity contribution in [1.82, 2.24) is 19.8 Å². The van der Waals surface area contributed by atoms with Gasteiger partial charge in [-0.15, -0.1) is 10.2 Å². The third kappa shape index (κ3) is 2.73. The van der Waals surface area contributed by atoms with E-state index >= 15 is 0 Å². The molecule has 0 spiro atoms. The van der Waals surface area contributed by atoms with Gasteiger partial charge in [-0.25, -0.2) is 9.69 Å². The fourth-order valence-corrected chi connectivity index (χ4v) is 1.48. The monoisotopic (exact) mass is 277 g/mol. The Morgan fingerprint density at radius 3 is 2.65 bits per heavy atom. The summed E-state index contributed by atoms with van der Waals surface area (Å²) in [6.07, 6.45) is 0.0292. The molecule has 0 N–H and O–H groups in total. The summed E-state index contributed by atoms with van der Waals surface area (Å²) in [4.78, 5) is 23.9. The predicted octanol–water partition coefficient (Wildman–Crippen LogP) is 1.31. The van der Waals surface area contributed by atoms with Crippen LogP contribution in [-0.4, -0.2) is 44.8 Å². The normalized spacial score (nSPS) is 11.4. The molecule has 2 aromatic rings. The highest BCUT2D eigenvalue weighted by Crippen LogP contribution is 2.15. The third-order valence-electron chi connectivity index (χ3n) is 2.36. The molecule has 0 saturated heterocycles. The first kappa shape index (κ1) is 13.9. The molecule has 8 heteroatoms. The van der Waals surface area contributed by atoms with Crippen molar-refractivity contribution in [3.63, 3.8) is 0 Å². The zero-order valence-electron chi connectivity index (χ0n) is 11.7. The molecule has 0 aromatic carbocycles. The Kier molecular flexibility index (Phi) is 3.39. The number of ether oxygens (including phenoxy) is 1. The van der Waals surface area contributed by atoms with Gasteiger partial charge in [0.05, 0.1) is 0 Å². The molecule has 0 aliphatic heterocycles. The van der Waals surface area contributed by atoms with Gasteiger partial charge in [-0.2, -0.15) is 9.61 Å². The van der Waals surface area contributed by atoms with Gasteiger partial charge in [0.1, 0.15) is 11.3 Å². The van der Waals surface area contributed by atoms with Crippen molar-refractivity contribution in [3.05, 3.63) is 17.8 Å². The van der Waals surface area contributed by atoms with Crippen LogP contribution in [0.5, 0.6) is 0 Å². The van der Waals surface area contributed by atoms with Crippen molar-refractivity contribution < 1.29 is 14.3 Å². The number of nitrogens with zero attached hydrogens (tertiary/aromatic N) is 5. The summed E-state index contributed by atoms with van der Waals surface area (Å²) in [5.74, 6) is 0.179. The molecule has 0 atom stereocenters. The molecular formula is C12H15N5O3. The largest absolute Gasteiger partial charge is 0.443 e. The molecule has 2 rings (SSSR count). The smallest absolute Gasteiger partial charge is 0.416 e. The number of aldehydes is 1. The van der Waals surface area contributed by atoms with Crippen LogP contribution in [0.4, 0.5) is 10.7 Å². The highest BCUT2D eigenvalue weighted by Gasteiger charge is 2.24. The van der Waals surface area contributed by atoms with E-state index in [1.807, 2.05) is 0 Å².